The van der Waals surface area contributed by atoms with Crippen LogP contribution in [0.5, 0.6) is 5.75 Å². The van der Waals surface area contributed by atoms with Crippen LogP contribution in [-0.4, -0.2) is 36.0 Å². The first-order valence-corrected chi connectivity index (χ1v) is 9.06. The number of allylic oxidation sites excluding steroid dienone is 3. The molecule has 1 aliphatic rings. The number of benzene rings is 2. The topological polar surface area (TPSA) is 74.9 Å². The Morgan fingerprint density at radius 1 is 1.07 bits per heavy atom. The third-order valence-electron chi connectivity index (χ3n) is 4.68. The van der Waals surface area contributed by atoms with E-state index in [-0.39, 0.29) is 5.76 Å². The molecule has 139 valence electrons. The van der Waals surface area contributed by atoms with Crippen LogP contribution in [0.25, 0.3) is 21.9 Å². The molecule has 27 heavy (non-hydrogen) atoms. The summed E-state index contributed by atoms with van der Waals surface area (Å²) in [5, 5.41) is 24.8. The molecular formula is C22H22NO4. The highest BCUT2D eigenvalue weighted by Crippen LogP contribution is 2.30. The third kappa shape index (κ3) is 3.99. The summed E-state index contributed by atoms with van der Waals surface area (Å²) < 4.78 is 11.7. The number of furan rings is 1. The van der Waals surface area contributed by atoms with Gasteiger partial charge in [0.05, 0.1) is 11.9 Å². The van der Waals surface area contributed by atoms with Gasteiger partial charge in [-0.25, -0.2) is 0 Å². The lowest BCUT2D eigenvalue weighted by Gasteiger charge is -2.17. The van der Waals surface area contributed by atoms with Crippen molar-refractivity contribution in [2.24, 2.45) is 0 Å². The van der Waals surface area contributed by atoms with Crippen molar-refractivity contribution in [3.8, 4) is 5.75 Å². The highest BCUT2D eigenvalue weighted by molar-refractivity contribution is 6.05. The fourth-order valence-corrected chi connectivity index (χ4v) is 3.20. The molecule has 1 atom stereocenters. The molecule has 1 aromatic heterocycles. The Bertz CT molecular complexity index is 1000. The molecule has 0 saturated heterocycles. The normalized spacial score (nSPS) is 15.6. The van der Waals surface area contributed by atoms with Crippen molar-refractivity contribution in [3.63, 3.8) is 0 Å². The van der Waals surface area contributed by atoms with Gasteiger partial charge < -0.3 is 24.7 Å². The van der Waals surface area contributed by atoms with Crippen LogP contribution in [0.4, 0.5) is 0 Å². The molecule has 1 radical (unpaired) electrons. The summed E-state index contributed by atoms with van der Waals surface area (Å²) in [5.41, 5.74) is 2.57. The van der Waals surface area contributed by atoms with E-state index in [9.17, 15) is 10.2 Å². The van der Waals surface area contributed by atoms with Crippen molar-refractivity contribution in [2.75, 3.05) is 19.7 Å². The molecule has 2 aromatic carbocycles. The first-order valence-electron chi connectivity index (χ1n) is 9.06. The van der Waals surface area contributed by atoms with E-state index in [1.165, 1.54) is 0 Å². The Morgan fingerprint density at radius 3 is 2.78 bits per heavy atom. The molecule has 0 aliphatic heterocycles. The lowest BCUT2D eigenvalue weighted by atomic mass is 9.99. The van der Waals surface area contributed by atoms with Crippen LogP contribution in [-0.2, 0) is 0 Å². The van der Waals surface area contributed by atoms with E-state index in [0.717, 1.165) is 33.3 Å². The fraction of sp³-hybridized carbons (Fsp3) is 0.227. The number of hydrogen-bond donors (Lipinski definition) is 3. The van der Waals surface area contributed by atoms with Crippen molar-refractivity contribution >= 4 is 21.9 Å². The molecule has 0 bridgehead atoms. The van der Waals surface area contributed by atoms with Crippen molar-refractivity contribution in [1.29, 1.82) is 0 Å². The van der Waals surface area contributed by atoms with Gasteiger partial charge in [-0.3, -0.25) is 0 Å². The lowest BCUT2D eigenvalue weighted by Crippen LogP contribution is -2.31. The average molecular weight is 364 g/mol. The number of aliphatic hydroxyl groups is 2. The fourth-order valence-electron chi connectivity index (χ4n) is 3.20. The van der Waals surface area contributed by atoms with Crippen LogP contribution in [0.3, 0.4) is 0 Å². The predicted molar refractivity (Wildman–Crippen MR) is 106 cm³/mol. The van der Waals surface area contributed by atoms with E-state index in [0.29, 0.717) is 26.1 Å². The highest BCUT2D eigenvalue weighted by Gasteiger charge is 2.13. The Morgan fingerprint density at radius 2 is 1.93 bits per heavy atom. The van der Waals surface area contributed by atoms with E-state index >= 15 is 0 Å². The largest absolute Gasteiger partial charge is 0.512 e. The van der Waals surface area contributed by atoms with E-state index in [4.69, 9.17) is 9.15 Å². The minimum Gasteiger partial charge on any atom is -0.512 e. The zero-order chi connectivity index (χ0) is 18.6. The van der Waals surface area contributed by atoms with Gasteiger partial charge >= 0.3 is 0 Å². The molecule has 4 rings (SSSR count). The summed E-state index contributed by atoms with van der Waals surface area (Å²) in [4.78, 5) is 0. The molecule has 0 amide bonds. The Labute approximate surface area is 157 Å². The number of para-hydroxylation sites is 1. The Kier molecular flexibility index (Phi) is 5.14. The van der Waals surface area contributed by atoms with Crippen molar-refractivity contribution in [2.45, 2.75) is 12.5 Å². The quantitative estimate of drug-likeness (QED) is 0.555. The molecule has 1 heterocycles. The van der Waals surface area contributed by atoms with Crippen molar-refractivity contribution in [1.82, 2.24) is 5.32 Å². The van der Waals surface area contributed by atoms with E-state index in [1.54, 1.807) is 18.6 Å². The summed E-state index contributed by atoms with van der Waals surface area (Å²) in [7, 11) is 0. The maximum atomic E-state index is 10.1. The minimum absolute atomic E-state index is 0.244. The Hall–Kier alpha value is -2.76. The highest BCUT2D eigenvalue weighted by atomic mass is 16.5. The van der Waals surface area contributed by atoms with Crippen LogP contribution in [0.15, 0.2) is 70.4 Å². The van der Waals surface area contributed by atoms with Crippen molar-refractivity contribution in [3.05, 3.63) is 72.4 Å². The van der Waals surface area contributed by atoms with Crippen LogP contribution in [0, 0.1) is 6.42 Å². The second kappa shape index (κ2) is 7.86. The SMILES string of the molecule is OC1=CC=C(C(O)CNCCOc2ccc3c(c2)oc2ccccc23)C[CH]1. The van der Waals surface area contributed by atoms with Gasteiger partial charge in [0.25, 0.3) is 0 Å². The molecule has 3 N–H and O–H groups in total. The predicted octanol–water partition coefficient (Wildman–Crippen LogP) is 3.89. The minimum atomic E-state index is -0.572. The molecule has 5 heteroatoms. The van der Waals surface area contributed by atoms with Crippen molar-refractivity contribution < 1.29 is 19.4 Å². The monoisotopic (exact) mass is 364 g/mol. The summed E-state index contributed by atoms with van der Waals surface area (Å²) in [6.45, 7) is 1.55. The number of rotatable bonds is 7. The van der Waals surface area contributed by atoms with E-state index in [2.05, 4.69) is 5.32 Å². The second-order valence-electron chi connectivity index (χ2n) is 6.57. The molecular weight excluding hydrogens is 342 g/mol. The zero-order valence-electron chi connectivity index (χ0n) is 14.9. The molecule has 1 aliphatic carbocycles. The standard InChI is InChI=1S/C22H22NO4/c24-16-7-5-15(6-8-16)20(25)14-23-11-12-26-17-9-10-19-18-3-1-2-4-21(18)27-22(19)13-17/h1-5,7-10,13,20,23-25H,6,11-12,14H2. The summed E-state index contributed by atoms with van der Waals surface area (Å²) in [6, 6.07) is 13.8. The number of ether oxygens (including phenoxy) is 1. The smallest absolute Gasteiger partial charge is 0.139 e. The number of fused-ring (bicyclic) bond motifs is 3. The molecule has 0 spiro atoms. The summed E-state index contributed by atoms with van der Waals surface area (Å²) >= 11 is 0. The van der Waals surface area contributed by atoms with Crippen LogP contribution in [0.2, 0.25) is 0 Å². The first kappa shape index (κ1) is 17.6. The number of hydrogen-bond acceptors (Lipinski definition) is 5. The second-order valence-corrected chi connectivity index (χ2v) is 6.57. The molecule has 1 unspecified atom stereocenters. The van der Waals surface area contributed by atoms with Gasteiger partial charge in [-0.1, -0.05) is 24.3 Å². The van der Waals surface area contributed by atoms with Gasteiger partial charge in [-0.2, -0.15) is 0 Å². The molecule has 0 fully saturated rings. The van der Waals surface area contributed by atoms with E-state index < -0.39 is 6.10 Å². The summed E-state index contributed by atoms with van der Waals surface area (Å²) in [6.07, 6.45) is 5.05. The molecule has 0 saturated carbocycles. The molecule has 5 nitrogen and oxygen atoms in total. The summed E-state index contributed by atoms with van der Waals surface area (Å²) in [5.74, 6) is 1.00. The number of aliphatic hydroxyl groups excluding tert-OH is 2. The maximum absolute atomic E-state index is 10.1. The van der Waals surface area contributed by atoms with Gasteiger partial charge in [0.2, 0.25) is 0 Å². The van der Waals surface area contributed by atoms with Crippen LogP contribution >= 0.6 is 0 Å². The number of nitrogens with one attached hydrogen (secondary N) is 1. The molecule has 3 aromatic rings. The van der Waals surface area contributed by atoms with Gasteiger partial charge in [0.1, 0.15) is 23.5 Å². The zero-order valence-corrected chi connectivity index (χ0v) is 14.9. The van der Waals surface area contributed by atoms with Gasteiger partial charge in [0.15, 0.2) is 0 Å². The van der Waals surface area contributed by atoms with Gasteiger partial charge in [0, 0.05) is 36.3 Å². The lowest BCUT2D eigenvalue weighted by molar-refractivity contribution is 0.199. The van der Waals surface area contributed by atoms with Gasteiger partial charge in [-0.15, -0.1) is 0 Å². The first-order chi connectivity index (χ1) is 13.2. The third-order valence-corrected chi connectivity index (χ3v) is 4.68. The van der Waals surface area contributed by atoms with Crippen LogP contribution < -0.4 is 10.1 Å². The van der Waals surface area contributed by atoms with Gasteiger partial charge in [-0.05, 0) is 36.3 Å². The average Bonchev–Trinajstić information content (AvgIpc) is 3.06. The Balaban J connectivity index is 1.27. The maximum Gasteiger partial charge on any atom is 0.139 e. The van der Waals surface area contributed by atoms with E-state index in [1.807, 2.05) is 42.5 Å². The van der Waals surface area contributed by atoms with Crippen LogP contribution in [0.1, 0.15) is 6.42 Å².